The number of ketones is 1. The lowest BCUT2D eigenvalue weighted by Crippen LogP contribution is -2.44. The van der Waals surface area contributed by atoms with Gasteiger partial charge in [-0.1, -0.05) is 13.3 Å². The second kappa shape index (κ2) is 5.17. The van der Waals surface area contributed by atoms with Crippen LogP contribution in [0.1, 0.15) is 53.9 Å². The van der Waals surface area contributed by atoms with Crippen LogP contribution in [0, 0.1) is 11.8 Å². The van der Waals surface area contributed by atoms with E-state index in [-0.39, 0.29) is 17.3 Å². The van der Waals surface area contributed by atoms with E-state index in [0.717, 1.165) is 25.6 Å². The quantitative estimate of drug-likeness (QED) is 0.787. The third-order valence-corrected chi connectivity index (χ3v) is 4.89. The minimum absolute atomic E-state index is 0.0121. The molecule has 0 aromatic heterocycles. The zero-order valence-corrected chi connectivity index (χ0v) is 13.2. The molecule has 110 valence electrons. The third-order valence-electron chi connectivity index (χ3n) is 4.89. The van der Waals surface area contributed by atoms with E-state index in [9.17, 15) is 4.79 Å². The number of carbonyl (C=O) groups is 1. The van der Waals surface area contributed by atoms with Crippen molar-refractivity contribution >= 4 is 5.78 Å². The minimum atomic E-state index is -0.617. The van der Waals surface area contributed by atoms with Gasteiger partial charge in [-0.15, -0.1) is 0 Å². The van der Waals surface area contributed by atoms with Gasteiger partial charge in [0.1, 0.15) is 5.60 Å². The van der Waals surface area contributed by atoms with E-state index in [1.165, 1.54) is 19.3 Å². The summed E-state index contributed by atoms with van der Waals surface area (Å²) in [6, 6.07) is 0. The van der Waals surface area contributed by atoms with Crippen LogP contribution in [0.5, 0.6) is 0 Å². The highest BCUT2D eigenvalue weighted by atomic mass is 16.5. The molecular weight excluding hydrogens is 238 g/mol. The molecule has 2 rings (SSSR count). The molecule has 0 amide bonds. The Morgan fingerprint density at radius 3 is 2.53 bits per heavy atom. The van der Waals surface area contributed by atoms with Crippen molar-refractivity contribution in [1.29, 1.82) is 0 Å². The lowest BCUT2D eigenvalue weighted by Gasteiger charge is -2.36. The third kappa shape index (κ3) is 3.03. The molecule has 2 aliphatic heterocycles. The maximum Gasteiger partial charge on any atom is 0.171 e. The highest BCUT2D eigenvalue weighted by Gasteiger charge is 2.53. The van der Waals surface area contributed by atoms with E-state index in [1.807, 2.05) is 13.8 Å². The van der Waals surface area contributed by atoms with Crippen LogP contribution < -0.4 is 0 Å². The van der Waals surface area contributed by atoms with Crippen molar-refractivity contribution in [3.63, 3.8) is 0 Å². The molecule has 0 saturated carbocycles. The minimum Gasteiger partial charge on any atom is -0.361 e. The Morgan fingerprint density at radius 1 is 1.32 bits per heavy atom. The Kier molecular flexibility index (Phi) is 4.08. The Morgan fingerprint density at radius 2 is 2.00 bits per heavy atom. The molecule has 2 atom stereocenters. The van der Waals surface area contributed by atoms with Crippen molar-refractivity contribution in [2.75, 3.05) is 19.6 Å². The van der Waals surface area contributed by atoms with Crippen molar-refractivity contribution in [1.82, 2.24) is 4.90 Å². The average molecular weight is 267 g/mol. The molecule has 19 heavy (non-hydrogen) atoms. The maximum atomic E-state index is 12.5. The molecule has 0 aromatic rings. The van der Waals surface area contributed by atoms with Gasteiger partial charge in [0.15, 0.2) is 5.78 Å². The summed E-state index contributed by atoms with van der Waals surface area (Å²) < 4.78 is 5.98. The lowest BCUT2D eigenvalue weighted by molar-refractivity contribution is -0.132. The van der Waals surface area contributed by atoms with Crippen molar-refractivity contribution in [3.05, 3.63) is 0 Å². The summed E-state index contributed by atoms with van der Waals surface area (Å²) in [6.07, 6.45) is 3.86. The van der Waals surface area contributed by atoms with E-state index in [1.54, 1.807) is 0 Å². The fourth-order valence-electron chi connectivity index (χ4n) is 3.73. The topological polar surface area (TPSA) is 29.5 Å². The molecule has 0 aliphatic carbocycles. The summed E-state index contributed by atoms with van der Waals surface area (Å²) in [6.45, 7) is 13.4. The summed E-state index contributed by atoms with van der Waals surface area (Å²) >= 11 is 0. The SMILES string of the molecule is CCC1CCCN(CC2C(=O)C(C)(C)OC2(C)C)C1. The first-order valence-corrected chi connectivity index (χ1v) is 7.73. The first kappa shape index (κ1) is 15.0. The van der Waals surface area contributed by atoms with Gasteiger partial charge in [0.25, 0.3) is 0 Å². The van der Waals surface area contributed by atoms with Gasteiger partial charge in [0.2, 0.25) is 0 Å². The van der Waals surface area contributed by atoms with E-state index in [4.69, 9.17) is 4.74 Å². The summed E-state index contributed by atoms with van der Waals surface area (Å²) in [5.74, 6) is 1.09. The van der Waals surface area contributed by atoms with Crippen molar-refractivity contribution in [3.8, 4) is 0 Å². The second-order valence-corrected chi connectivity index (χ2v) is 7.31. The van der Waals surface area contributed by atoms with Crippen LogP contribution in [0.15, 0.2) is 0 Å². The fraction of sp³-hybridized carbons (Fsp3) is 0.938. The van der Waals surface area contributed by atoms with Gasteiger partial charge in [-0.2, -0.15) is 0 Å². The Bertz CT molecular complexity index is 349. The summed E-state index contributed by atoms with van der Waals surface area (Å²) in [5, 5.41) is 0. The van der Waals surface area contributed by atoms with Crippen LogP contribution in [0.2, 0.25) is 0 Å². The predicted molar refractivity (Wildman–Crippen MR) is 77.2 cm³/mol. The first-order chi connectivity index (χ1) is 8.76. The van der Waals surface area contributed by atoms with E-state index >= 15 is 0 Å². The highest BCUT2D eigenvalue weighted by molar-refractivity contribution is 5.91. The molecule has 3 heteroatoms. The number of likely N-dealkylation sites (tertiary alicyclic amines) is 1. The number of rotatable bonds is 3. The van der Waals surface area contributed by atoms with E-state index < -0.39 is 5.60 Å². The van der Waals surface area contributed by atoms with Crippen LogP contribution in [0.25, 0.3) is 0 Å². The van der Waals surface area contributed by atoms with Crippen LogP contribution in [-0.4, -0.2) is 41.5 Å². The summed E-state index contributed by atoms with van der Waals surface area (Å²) in [5.41, 5.74) is -0.951. The van der Waals surface area contributed by atoms with Gasteiger partial charge < -0.3 is 9.64 Å². The van der Waals surface area contributed by atoms with Crippen LogP contribution in [-0.2, 0) is 9.53 Å². The lowest BCUT2D eigenvalue weighted by atomic mass is 9.84. The first-order valence-electron chi connectivity index (χ1n) is 7.73. The highest BCUT2D eigenvalue weighted by Crippen LogP contribution is 2.39. The molecule has 0 spiro atoms. The van der Waals surface area contributed by atoms with Crippen molar-refractivity contribution < 1.29 is 9.53 Å². The number of hydrogen-bond acceptors (Lipinski definition) is 3. The van der Waals surface area contributed by atoms with Gasteiger partial charge in [0, 0.05) is 13.1 Å². The number of carbonyl (C=O) groups excluding carboxylic acids is 1. The number of Topliss-reactive ketones (excluding diaryl/α,β-unsaturated/α-hetero) is 1. The Balaban J connectivity index is 2.04. The molecule has 2 heterocycles. The largest absolute Gasteiger partial charge is 0.361 e. The second-order valence-electron chi connectivity index (χ2n) is 7.31. The molecule has 0 aromatic carbocycles. The molecule has 2 fully saturated rings. The number of ether oxygens (including phenoxy) is 1. The molecule has 0 bridgehead atoms. The van der Waals surface area contributed by atoms with Gasteiger partial charge in [-0.05, 0) is 53.0 Å². The standard InChI is InChI=1S/C16H29NO2/c1-6-12-8-7-9-17(10-12)11-13-14(18)16(4,5)19-15(13,2)3/h12-13H,6-11H2,1-5H3. The monoisotopic (exact) mass is 267 g/mol. The maximum absolute atomic E-state index is 12.5. The van der Waals surface area contributed by atoms with Crippen LogP contribution in [0.3, 0.4) is 0 Å². The van der Waals surface area contributed by atoms with E-state index in [0.29, 0.717) is 0 Å². The molecular formula is C16H29NO2. The fourth-order valence-corrected chi connectivity index (χ4v) is 3.73. The van der Waals surface area contributed by atoms with Gasteiger partial charge in [-0.25, -0.2) is 0 Å². The Labute approximate surface area is 117 Å². The molecule has 2 aliphatic rings. The molecule has 0 N–H and O–H groups in total. The predicted octanol–water partition coefficient (Wildman–Crippen LogP) is 2.88. The zero-order valence-electron chi connectivity index (χ0n) is 13.2. The zero-order chi connectivity index (χ0) is 14.3. The Hall–Kier alpha value is -0.410. The smallest absolute Gasteiger partial charge is 0.171 e. The van der Waals surface area contributed by atoms with E-state index in [2.05, 4.69) is 25.7 Å². The van der Waals surface area contributed by atoms with Crippen LogP contribution >= 0.6 is 0 Å². The van der Waals surface area contributed by atoms with Crippen molar-refractivity contribution in [2.24, 2.45) is 11.8 Å². The number of hydrogen-bond donors (Lipinski definition) is 0. The normalized spacial score (nSPS) is 34.7. The molecule has 2 saturated heterocycles. The molecule has 0 radical (unpaired) electrons. The molecule has 2 unspecified atom stereocenters. The van der Waals surface area contributed by atoms with Gasteiger partial charge in [-0.3, -0.25) is 4.79 Å². The number of piperidine rings is 1. The average Bonchev–Trinajstić information content (AvgIpc) is 2.48. The van der Waals surface area contributed by atoms with Crippen molar-refractivity contribution in [2.45, 2.75) is 65.1 Å². The van der Waals surface area contributed by atoms with Crippen LogP contribution in [0.4, 0.5) is 0 Å². The van der Waals surface area contributed by atoms with Gasteiger partial charge >= 0.3 is 0 Å². The summed E-state index contributed by atoms with van der Waals surface area (Å²) in [7, 11) is 0. The number of nitrogens with zero attached hydrogens (tertiary/aromatic N) is 1. The summed E-state index contributed by atoms with van der Waals surface area (Å²) in [4.78, 5) is 15.0. The molecule has 3 nitrogen and oxygen atoms in total. The van der Waals surface area contributed by atoms with Gasteiger partial charge in [0.05, 0.1) is 11.5 Å².